The number of hydrogen-bond acceptors (Lipinski definition) is 7. The van der Waals surface area contributed by atoms with Crippen LogP contribution in [0.15, 0.2) is 40.2 Å². The Bertz CT molecular complexity index is 940. The number of carbonyl (C=O) groups excluding carboxylic acids is 1. The zero-order valence-electron chi connectivity index (χ0n) is 13.2. The molecule has 0 bridgehead atoms. The van der Waals surface area contributed by atoms with Gasteiger partial charge in [0.25, 0.3) is 11.5 Å². The average Bonchev–Trinajstić information content (AvgIpc) is 3.13. The molecule has 3 aromatic rings. The molecule has 0 aliphatic heterocycles. The minimum atomic E-state index is -0.337. The minimum absolute atomic E-state index is 0.223. The fourth-order valence-corrected chi connectivity index (χ4v) is 2.37. The Morgan fingerprint density at radius 2 is 2.24 bits per heavy atom. The van der Waals surface area contributed by atoms with Crippen molar-refractivity contribution < 1.29 is 9.32 Å². The highest BCUT2D eigenvalue weighted by atomic mass is 16.5. The van der Waals surface area contributed by atoms with E-state index in [9.17, 15) is 9.59 Å². The summed E-state index contributed by atoms with van der Waals surface area (Å²) in [5.74, 6) is 1.28. The molecule has 3 aromatic heterocycles. The third kappa shape index (κ3) is 3.32. The molecule has 0 spiro atoms. The molecule has 0 unspecified atom stereocenters. The molecule has 128 valence electrons. The van der Waals surface area contributed by atoms with Crippen LogP contribution in [-0.2, 0) is 6.54 Å². The van der Waals surface area contributed by atoms with Crippen molar-refractivity contribution in [1.29, 1.82) is 0 Å². The number of amides is 1. The molecule has 25 heavy (non-hydrogen) atoms. The summed E-state index contributed by atoms with van der Waals surface area (Å²) in [6.45, 7) is 0.457. The van der Waals surface area contributed by atoms with Gasteiger partial charge in [-0.1, -0.05) is 5.16 Å². The molecule has 0 radical (unpaired) electrons. The molecule has 1 aliphatic carbocycles. The molecular formula is C15H15N7O3. The minimum Gasteiger partial charge on any atom is -0.360 e. The van der Waals surface area contributed by atoms with Gasteiger partial charge in [-0.25, -0.2) is 14.3 Å². The van der Waals surface area contributed by atoms with Crippen molar-refractivity contribution in [2.45, 2.75) is 25.3 Å². The van der Waals surface area contributed by atoms with E-state index < -0.39 is 0 Å². The van der Waals surface area contributed by atoms with Crippen LogP contribution in [0.5, 0.6) is 0 Å². The Kier molecular flexibility index (Phi) is 3.84. The lowest BCUT2D eigenvalue weighted by Gasteiger charge is -2.07. The van der Waals surface area contributed by atoms with Crippen molar-refractivity contribution in [3.63, 3.8) is 0 Å². The zero-order valence-corrected chi connectivity index (χ0v) is 13.2. The number of hydrogen-bond donors (Lipinski definition) is 1. The lowest BCUT2D eigenvalue weighted by molar-refractivity contribution is 0.0942. The van der Waals surface area contributed by atoms with Crippen LogP contribution in [0.25, 0.3) is 5.82 Å². The molecule has 0 atom stereocenters. The van der Waals surface area contributed by atoms with Gasteiger partial charge in [0.2, 0.25) is 0 Å². The van der Waals surface area contributed by atoms with E-state index in [4.69, 9.17) is 4.52 Å². The van der Waals surface area contributed by atoms with Crippen molar-refractivity contribution in [2.75, 3.05) is 6.54 Å². The number of nitrogens with one attached hydrogen (secondary N) is 1. The Labute approximate surface area is 141 Å². The van der Waals surface area contributed by atoms with Gasteiger partial charge in [0.05, 0.1) is 6.54 Å². The standard InChI is InChI=1S/C15H15N7O3/c23-14-4-3-13(22-9-16-8-18-22)19-21(14)6-5-17-15(24)11-7-12(25-20-11)10-1-2-10/h3-4,7-10H,1-2,5-6H2,(H,17,24). The first-order chi connectivity index (χ1) is 12.2. The predicted octanol–water partition coefficient (Wildman–Crippen LogP) is 0.119. The largest absolute Gasteiger partial charge is 0.360 e. The molecule has 1 fully saturated rings. The Hall–Kier alpha value is -3.30. The second-order valence-electron chi connectivity index (χ2n) is 5.74. The van der Waals surface area contributed by atoms with E-state index in [2.05, 4.69) is 25.7 Å². The molecule has 1 aliphatic rings. The highest BCUT2D eigenvalue weighted by molar-refractivity contribution is 5.92. The van der Waals surface area contributed by atoms with E-state index in [0.717, 1.165) is 18.6 Å². The quantitative estimate of drug-likeness (QED) is 0.676. The van der Waals surface area contributed by atoms with Gasteiger partial charge in [0.1, 0.15) is 18.4 Å². The highest BCUT2D eigenvalue weighted by Crippen LogP contribution is 2.40. The smallest absolute Gasteiger partial charge is 0.273 e. The third-order valence-corrected chi connectivity index (χ3v) is 3.86. The topological polar surface area (TPSA) is 121 Å². The summed E-state index contributed by atoms with van der Waals surface area (Å²) in [5, 5.41) is 14.6. The molecular weight excluding hydrogens is 326 g/mol. The summed E-state index contributed by atoms with van der Waals surface area (Å²) in [5.41, 5.74) is -0.0193. The van der Waals surface area contributed by atoms with Crippen LogP contribution in [0.4, 0.5) is 0 Å². The van der Waals surface area contributed by atoms with E-state index in [1.54, 1.807) is 12.1 Å². The average molecular weight is 341 g/mol. The van der Waals surface area contributed by atoms with Gasteiger partial charge in [-0.2, -0.15) is 5.10 Å². The number of nitrogens with zero attached hydrogens (tertiary/aromatic N) is 6. The molecule has 1 saturated carbocycles. The van der Waals surface area contributed by atoms with Crippen LogP contribution in [0, 0.1) is 0 Å². The van der Waals surface area contributed by atoms with E-state index in [1.165, 1.54) is 28.1 Å². The van der Waals surface area contributed by atoms with E-state index in [-0.39, 0.29) is 30.2 Å². The molecule has 3 heterocycles. The van der Waals surface area contributed by atoms with Gasteiger partial charge >= 0.3 is 0 Å². The Morgan fingerprint density at radius 3 is 3.00 bits per heavy atom. The fourth-order valence-electron chi connectivity index (χ4n) is 2.37. The van der Waals surface area contributed by atoms with Gasteiger partial charge < -0.3 is 9.84 Å². The molecule has 10 heteroatoms. The lowest BCUT2D eigenvalue weighted by atomic mass is 10.3. The number of carbonyl (C=O) groups is 1. The van der Waals surface area contributed by atoms with Crippen molar-refractivity contribution in [2.24, 2.45) is 0 Å². The maximum absolute atomic E-state index is 12.1. The summed E-state index contributed by atoms with van der Waals surface area (Å²) in [4.78, 5) is 27.8. The van der Waals surface area contributed by atoms with Gasteiger partial charge in [-0.15, -0.1) is 5.10 Å². The van der Waals surface area contributed by atoms with Crippen molar-refractivity contribution in [3.8, 4) is 5.82 Å². The Morgan fingerprint density at radius 1 is 1.36 bits per heavy atom. The van der Waals surface area contributed by atoms with Gasteiger partial charge in [0.15, 0.2) is 11.5 Å². The molecule has 0 aromatic carbocycles. The Balaban J connectivity index is 1.38. The molecule has 4 rings (SSSR count). The molecule has 1 amide bonds. The monoisotopic (exact) mass is 341 g/mol. The van der Waals surface area contributed by atoms with Crippen LogP contribution < -0.4 is 10.9 Å². The SMILES string of the molecule is O=C(NCCn1nc(-n2cncn2)ccc1=O)c1cc(C2CC2)on1. The van der Waals surface area contributed by atoms with Crippen LogP contribution in [0.2, 0.25) is 0 Å². The summed E-state index contributed by atoms with van der Waals surface area (Å²) < 4.78 is 7.86. The second kappa shape index (κ2) is 6.30. The molecule has 1 N–H and O–H groups in total. The van der Waals surface area contributed by atoms with E-state index >= 15 is 0 Å². The number of rotatable bonds is 6. The van der Waals surface area contributed by atoms with Gasteiger partial charge in [-0.3, -0.25) is 9.59 Å². The van der Waals surface area contributed by atoms with Gasteiger partial charge in [-0.05, 0) is 18.9 Å². The summed E-state index contributed by atoms with van der Waals surface area (Å²) in [6, 6.07) is 4.62. The zero-order chi connectivity index (χ0) is 17.2. The maximum atomic E-state index is 12.1. The van der Waals surface area contributed by atoms with Crippen molar-refractivity contribution in [3.05, 3.63) is 52.7 Å². The van der Waals surface area contributed by atoms with Crippen LogP contribution in [0.3, 0.4) is 0 Å². The predicted molar refractivity (Wildman–Crippen MR) is 84.2 cm³/mol. The first-order valence-corrected chi connectivity index (χ1v) is 7.89. The van der Waals surface area contributed by atoms with Crippen LogP contribution >= 0.6 is 0 Å². The summed E-state index contributed by atoms with van der Waals surface area (Å²) in [6.07, 6.45) is 5.02. The highest BCUT2D eigenvalue weighted by Gasteiger charge is 2.28. The number of aromatic nitrogens is 6. The fraction of sp³-hybridized carbons (Fsp3) is 0.333. The maximum Gasteiger partial charge on any atom is 0.273 e. The van der Waals surface area contributed by atoms with Gasteiger partial charge in [0, 0.05) is 24.6 Å². The first kappa shape index (κ1) is 15.2. The third-order valence-electron chi connectivity index (χ3n) is 3.86. The van der Waals surface area contributed by atoms with Crippen molar-refractivity contribution in [1.82, 2.24) is 35.0 Å². The molecule has 0 saturated heterocycles. The van der Waals surface area contributed by atoms with Crippen LogP contribution in [0.1, 0.15) is 35.0 Å². The lowest BCUT2D eigenvalue weighted by Crippen LogP contribution is -2.32. The summed E-state index contributed by atoms with van der Waals surface area (Å²) in [7, 11) is 0. The second-order valence-corrected chi connectivity index (χ2v) is 5.74. The van der Waals surface area contributed by atoms with E-state index in [0.29, 0.717) is 11.7 Å². The first-order valence-electron chi connectivity index (χ1n) is 7.89. The van der Waals surface area contributed by atoms with Crippen LogP contribution in [-0.4, -0.2) is 42.2 Å². The normalized spacial score (nSPS) is 13.8. The van der Waals surface area contributed by atoms with Crippen molar-refractivity contribution >= 4 is 5.91 Å². The molecule has 10 nitrogen and oxygen atoms in total. The summed E-state index contributed by atoms with van der Waals surface area (Å²) >= 11 is 0. The van der Waals surface area contributed by atoms with E-state index in [1.807, 2.05) is 0 Å².